The van der Waals surface area contributed by atoms with Crippen LogP contribution >= 0.6 is 0 Å². The van der Waals surface area contributed by atoms with Gasteiger partial charge >= 0.3 is 0 Å². The van der Waals surface area contributed by atoms with Crippen LogP contribution in [0.3, 0.4) is 0 Å². The minimum Gasteiger partial charge on any atom is -0.497 e. The van der Waals surface area contributed by atoms with Gasteiger partial charge in [0.05, 0.1) is 48.9 Å². The molecular weight excluding hydrogens is 390 g/mol. The summed E-state index contributed by atoms with van der Waals surface area (Å²) in [6.07, 6.45) is 5.18. The van der Waals surface area contributed by atoms with Crippen molar-refractivity contribution in [2.24, 2.45) is 5.10 Å². The van der Waals surface area contributed by atoms with Crippen LogP contribution < -0.4 is 14.9 Å². The number of ether oxygens (including phenoxy) is 2. The van der Waals surface area contributed by atoms with Crippen LogP contribution in [0, 0.1) is 0 Å². The van der Waals surface area contributed by atoms with Crippen molar-refractivity contribution >= 4 is 11.9 Å². The molecule has 1 N–H and O–H groups in total. The van der Waals surface area contributed by atoms with Gasteiger partial charge in [0, 0.05) is 24.0 Å². The lowest BCUT2D eigenvalue weighted by Crippen LogP contribution is -1.97. The van der Waals surface area contributed by atoms with E-state index in [9.17, 15) is 0 Å². The third-order valence-electron chi connectivity index (χ3n) is 4.46. The highest BCUT2D eigenvalue weighted by atomic mass is 16.5. The Morgan fingerprint density at radius 1 is 0.742 bits per heavy atom. The standard InChI is InChI=1S/C24H21N5O2/c1-30-19-11-17(12-20(15-19)31-2)16-27-29-18-13-23(21-7-3-5-9-25-21)28-24(14-18)22-8-4-6-10-26-22/h3-16H,1-2H3,(H,28,29)/b27-16+. The van der Waals surface area contributed by atoms with Gasteiger partial charge in [0.25, 0.3) is 0 Å². The van der Waals surface area contributed by atoms with E-state index in [0.29, 0.717) is 11.5 Å². The van der Waals surface area contributed by atoms with Crippen molar-refractivity contribution in [3.05, 3.63) is 84.7 Å². The Kier molecular flexibility index (Phi) is 6.13. The molecule has 0 bridgehead atoms. The number of nitrogens with zero attached hydrogens (tertiary/aromatic N) is 4. The molecule has 0 aliphatic heterocycles. The van der Waals surface area contributed by atoms with Gasteiger partial charge < -0.3 is 9.47 Å². The molecule has 0 aliphatic carbocycles. The normalized spacial score (nSPS) is 10.8. The van der Waals surface area contributed by atoms with Crippen molar-refractivity contribution in [1.82, 2.24) is 15.0 Å². The van der Waals surface area contributed by atoms with Crippen LogP contribution in [0.5, 0.6) is 11.5 Å². The summed E-state index contributed by atoms with van der Waals surface area (Å²) in [5, 5.41) is 4.38. The van der Waals surface area contributed by atoms with E-state index in [-0.39, 0.29) is 0 Å². The van der Waals surface area contributed by atoms with E-state index >= 15 is 0 Å². The number of anilines is 1. The van der Waals surface area contributed by atoms with Crippen molar-refractivity contribution in [2.45, 2.75) is 0 Å². The summed E-state index contributed by atoms with van der Waals surface area (Å²) >= 11 is 0. The summed E-state index contributed by atoms with van der Waals surface area (Å²) in [6, 6.07) is 20.8. The van der Waals surface area contributed by atoms with Crippen LogP contribution in [0.2, 0.25) is 0 Å². The molecular formula is C24H21N5O2. The van der Waals surface area contributed by atoms with E-state index in [0.717, 1.165) is 34.0 Å². The van der Waals surface area contributed by atoms with Crippen molar-refractivity contribution in [1.29, 1.82) is 0 Å². The number of rotatable bonds is 7. The van der Waals surface area contributed by atoms with E-state index in [1.54, 1.807) is 32.8 Å². The number of hydrazone groups is 1. The average molecular weight is 411 g/mol. The molecule has 1 aromatic carbocycles. The third-order valence-corrected chi connectivity index (χ3v) is 4.46. The van der Waals surface area contributed by atoms with Crippen molar-refractivity contribution in [3.8, 4) is 34.3 Å². The van der Waals surface area contributed by atoms with Crippen molar-refractivity contribution in [3.63, 3.8) is 0 Å². The molecule has 7 nitrogen and oxygen atoms in total. The highest BCUT2D eigenvalue weighted by molar-refractivity contribution is 5.82. The highest BCUT2D eigenvalue weighted by Gasteiger charge is 2.08. The lowest BCUT2D eigenvalue weighted by Gasteiger charge is -2.09. The molecule has 0 atom stereocenters. The van der Waals surface area contributed by atoms with Gasteiger partial charge in [0.15, 0.2) is 0 Å². The molecule has 0 saturated heterocycles. The maximum atomic E-state index is 5.31. The van der Waals surface area contributed by atoms with E-state index in [1.807, 2.05) is 66.7 Å². The zero-order chi connectivity index (χ0) is 21.5. The van der Waals surface area contributed by atoms with Crippen molar-refractivity contribution < 1.29 is 9.47 Å². The first-order chi connectivity index (χ1) is 15.2. The number of nitrogens with one attached hydrogen (secondary N) is 1. The van der Waals surface area contributed by atoms with Gasteiger partial charge in [-0.05, 0) is 48.5 Å². The molecule has 154 valence electrons. The first-order valence-electron chi connectivity index (χ1n) is 9.62. The Morgan fingerprint density at radius 2 is 1.32 bits per heavy atom. The predicted molar refractivity (Wildman–Crippen MR) is 121 cm³/mol. The lowest BCUT2D eigenvalue weighted by molar-refractivity contribution is 0.394. The van der Waals surface area contributed by atoms with Gasteiger partial charge in [-0.25, -0.2) is 4.98 Å². The summed E-state index contributed by atoms with van der Waals surface area (Å²) in [7, 11) is 3.23. The van der Waals surface area contributed by atoms with Crippen LogP contribution in [-0.4, -0.2) is 35.4 Å². The van der Waals surface area contributed by atoms with E-state index in [1.165, 1.54) is 0 Å². The molecule has 3 aromatic heterocycles. The van der Waals surface area contributed by atoms with Gasteiger partial charge in [-0.1, -0.05) is 12.1 Å². The first kappa shape index (κ1) is 20.0. The van der Waals surface area contributed by atoms with Gasteiger partial charge in [0.1, 0.15) is 11.5 Å². The van der Waals surface area contributed by atoms with Gasteiger partial charge in [-0.2, -0.15) is 5.10 Å². The maximum absolute atomic E-state index is 5.31. The Balaban J connectivity index is 1.65. The molecule has 0 amide bonds. The van der Waals surface area contributed by atoms with Crippen LogP contribution in [0.25, 0.3) is 22.8 Å². The fraction of sp³-hybridized carbons (Fsp3) is 0.0833. The minimum absolute atomic E-state index is 0.694. The van der Waals surface area contributed by atoms with Gasteiger partial charge in [0.2, 0.25) is 0 Å². The van der Waals surface area contributed by atoms with Crippen LogP contribution in [-0.2, 0) is 0 Å². The molecule has 0 aliphatic rings. The van der Waals surface area contributed by atoms with Gasteiger partial charge in [-0.3, -0.25) is 15.4 Å². The second kappa shape index (κ2) is 9.49. The lowest BCUT2D eigenvalue weighted by atomic mass is 10.1. The highest BCUT2D eigenvalue weighted by Crippen LogP contribution is 2.25. The second-order valence-corrected chi connectivity index (χ2v) is 6.57. The quantitative estimate of drug-likeness (QED) is 0.352. The zero-order valence-corrected chi connectivity index (χ0v) is 17.2. The van der Waals surface area contributed by atoms with Crippen LogP contribution in [0.1, 0.15) is 5.56 Å². The largest absolute Gasteiger partial charge is 0.497 e. The number of aromatic nitrogens is 3. The number of pyridine rings is 3. The number of hydrogen-bond acceptors (Lipinski definition) is 7. The molecule has 3 heterocycles. The van der Waals surface area contributed by atoms with E-state index < -0.39 is 0 Å². The smallest absolute Gasteiger partial charge is 0.123 e. The molecule has 31 heavy (non-hydrogen) atoms. The van der Waals surface area contributed by atoms with Crippen molar-refractivity contribution in [2.75, 3.05) is 19.6 Å². The summed E-state index contributed by atoms with van der Waals surface area (Å²) in [5.41, 5.74) is 7.68. The second-order valence-electron chi connectivity index (χ2n) is 6.57. The minimum atomic E-state index is 0.694. The van der Waals surface area contributed by atoms with Crippen LogP contribution in [0.15, 0.2) is 84.2 Å². The fourth-order valence-corrected chi connectivity index (χ4v) is 2.97. The Bertz CT molecular complexity index is 1100. The van der Waals surface area contributed by atoms with E-state index in [2.05, 4.69) is 20.5 Å². The molecule has 0 unspecified atom stereocenters. The summed E-state index contributed by atoms with van der Waals surface area (Å²) in [6.45, 7) is 0. The Hall–Kier alpha value is -4.26. The first-order valence-corrected chi connectivity index (χ1v) is 9.62. The topological polar surface area (TPSA) is 81.5 Å². The number of hydrogen-bond donors (Lipinski definition) is 1. The van der Waals surface area contributed by atoms with Gasteiger partial charge in [-0.15, -0.1) is 0 Å². The van der Waals surface area contributed by atoms with E-state index in [4.69, 9.17) is 14.5 Å². The number of methoxy groups -OCH3 is 2. The summed E-state index contributed by atoms with van der Waals surface area (Å²) in [4.78, 5) is 13.6. The molecule has 0 radical (unpaired) electrons. The maximum Gasteiger partial charge on any atom is 0.123 e. The SMILES string of the molecule is COc1cc(/C=N/Nc2cc(-c3ccccn3)nc(-c3ccccn3)c2)cc(OC)c1. The average Bonchev–Trinajstić information content (AvgIpc) is 2.84. The number of benzene rings is 1. The monoisotopic (exact) mass is 411 g/mol. The predicted octanol–water partition coefficient (Wildman–Crippen LogP) is 4.67. The Labute approximate surface area is 180 Å². The van der Waals surface area contributed by atoms with Crippen LogP contribution in [0.4, 0.5) is 5.69 Å². The molecule has 4 rings (SSSR count). The molecule has 4 aromatic rings. The molecule has 7 heteroatoms. The molecule has 0 fully saturated rings. The fourth-order valence-electron chi connectivity index (χ4n) is 2.97. The summed E-state index contributed by atoms with van der Waals surface area (Å²) in [5.74, 6) is 1.39. The third kappa shape index (κ3) is 5.02. The zero-order valence-electron chi connectivity index (χ0n) is 17.2. The molecule has 0 saturated carbocycles. The summed E-state index contributed by atoms with van der Waals surface area (Å²) < 4.78 is 10.6. The molecule has 0 spiro atoms. The Morgan fingerprint density at radius 3 is 1.81 bits per heavy atom.